The highest BCUT2D eigenvalue weighted by atomic mass is 35.5. The van der Waals surface area contributed by atoms with Crippen LogP contribution in [0.2, 0.25) is 5.28 Å². The number of nitro groups is 1. The molecule has 8 heteroatoms. The SMILES string of the molecule is COc1cccc(Oc2nc(Cl)ncc2[N+](=O)[O-])c1. The number of rotatable bonds is 4. The minimum atomic E-state index is -0.647. The number of hydrogen-bond acceptors (Lipinski definition) is 6. The molecule has 2 rings (SSSR count). The Morgan fingerprint density at radius 2 is 2.11 bits per heavy atom. The van der Waals surface area contributed by atoms with E-state index in [1.807, 2.05) is 0 Å². The molecule has 0 fully saturated rings. The van der Waals surface area contributed by atoms with Gasteiger partial charge in [0.15, 0.2) is 0 Å². The van der Waals surface area contributed by atoms with Crippen molar-refractivity contribution in [2.45, 2.75) is 0 Å². The fourth-order valence-electron chi connectivity index (χ4n) is 1.32. The third kappa shape index (κ3) is 3.08. The van der Waals surface area contributed by atoms with Crippen LogP contribution < -0.4 is 9.47 Å². The maximum Gasteiger partial charge on any atom is 0.349 e. The summed E-state index contributed by atoms with van der Waals surface area (Å²) in [6.45, 7) is 0. The molecule has 0 N–H and O–H groups in total. The lowest BCUT2D eigenvalue weighted by atomic mass is 10.3. The summed E-state index contributed by atoms with van der Waals surface area (Å²) in [4.78, 5) is 17.4. The first-order valence-electron chi connectivity index (χ1n) is 5.09. The van der Waals surface area contributed by atoms with Gasteiger partial charge in [-0.15, -0.1) is 0 Å². The van der Waals surface area contributed by atoms with Crippen molar-refractivity contribution in [3.63, 3.8) is 0 Å². The molecular weight excluding hydrogens is 274 g/mol. The predicted molar refractivity (Wildman–Crippen MR) is 66.8 cm³/mol. The smallest absolute Gasteiger partial charge is 0.349 e. The average molecular weight is 282 g/mol. The number of nitrogens with zero attached hydrogens (tertiary/aromatic N) is 3. The van der Waals surface area contributed by atoms with E-state index in [4.69, 9.17) is 21.1 Å². The summed E-state index contributed by atoms with van der Waals surface area (Å²) in [5.74, 6) is 0.677. The van der Waals surface area contributed by atoms with Crippen LogP contribution in [0.3, 0.4) is 0 Å². The highest BCUT2D eigenvalue weighted by molar-refractivity contribution is 6.28. The van der Waals surface area contributed by atoms with Crippen LogP contribution in [0.1, 0.15) is 0 Å². The predicted octanol–water partition coefficient (Wildman–Crippen LogP) is 2.84. The van der Waals surface area contributed by atoms with Gasteiger partial charge in [0.2, 0.25) is 5.28 Å². The fourth-order valence-corrected chi connectivity index (χ4v) is 1.44. The van der Waals surface area contributed by atoms with Crippen molar-refractivity contribution in [3.8, 4) is 17.4 Å². The van der Waals surface area contributed by atoms with Gasteiger partial charge in [0.25, 0.3) is 0 Å². The maximum atomic E-state index is 10.8. The molecule has 0 saturated carbocycles. The zero-order valence-electron chi connectivity index (χ0n) is 9.74. The summed E-state index contributed by atoms with van der Waals surface area (Å²) in [6, 6.07) is 6.58. The Morgan fingerprint density at radius 1 is 1.37 bits per heavy atom. The number of methoxy groups -OCH3 is 1. The molecule has 0 spiro atoms. The molecule has 0 radical (unpaired) electrons. The summed E-state index contributed by atoms with van der Waals surface area (Å²) in [6.07, 6.45) is 0.991. The Morgan fingerprint density at radius 3 is 2.79 bits per heavy atom. The molecule has 1 aromatic heterocycles. The second-order valence-corrected chi connectivity index (χ2v) is 3.71. The number of benzene rings is 1. The maximum absolute atomic E-state index is 10.8. The molecule has 1 heterocycles. The van der Waals surface area contributed by atoms with E-state index in [9.17, 15) is 10.1 Å². The standard InChI is InChI=1S/C11H8ClN3O4/c1-18-7-3-2-4-8(5-7)19-10-9(15(16)17)6-13-11(12)14-10/h2-6H,1H3. The quantitative estimate of drug-likeness (QED) is 0.486. The van der Waals surface area contributed by atoms with Crippen LogP contribution in [0.25, 0.3) is 0 Å². The van der Waals surface area contributed by atoms with Gasteiger partial charge in [-0.05, 0) is 23.7 Å². The van der Waals surface area contributed by atoms with Gasteiger partial charge in [-0.25, -0.2) is 4.98 Å². The van der Waals surface area contributed by atoms with Gasteiger partial charge in [-0.3, -0.25) is 10.1 Å². The second kappa shape index (κ2) is 5.49. The topological polar surface area (TPSA) is 87.4 Å². The summed E-state index contributed by atoms with van der Waals surface area (Å²) in [5, 5.41) is 10.7. The van der Waals surface area contributed by atoms with E-state index in [1.54, 1.807) is 24.3 Å². The van der Waals surface area contributed by atoms with Crippen molar-refractivity contribution < 1.29 is 14.4 Å². The number of ether oxygens (including phenoxy) is 2. The van der Waals surface area contributed by atoms with E-state index in [0.29, 0.717) is 11.5 Å². The lowest BCUT2D eigenvalue weighted by Gasteiger charge is -2.06. The highest BCUT2D eigenvalue weighted by Gasteiger charge is 2.19. The van der Waals surface area contributed by atoms with E-state index in [2.05, 4.69) is 9.97 Å². The highest BCUT2D eigenvalue weighted by Crippen LogP contribution is 2.30. The molecule has 98 valence electrons. The van der Waals surface area contributed by atoms with Crippen LogP contribution in [0.5, 0.6) is 17.4 Å². The molecular formula is C11H8ClN3O4. The Kier molecular flexibility index (Phi) is 3.76. The largest absolute Gasteiger partial charge is 0.497 e. The molecule has 2 aromatic rings. The Hall–Kier alpha value is -2.41. The number of aromatic nitrogens is 2. The van der Waals surface area contributed by atoms with Crippen molar-refractivity contribution >= 4 is 17.3 Å². The Balaban J connectivity index is 2.36. The van der Waals surface area contributed by atoms with Crippen molar-refractivity contribution in [1.29, 1.82) is 0 Å². The fraction of sp³-hybridized carbons (Fsp3) is 0.0909. The molecule has 7 nitrogen and oxygen atoms in total. The summed E-state index contributed by atoms with van der Waals surface area (Å²) in [7, 11) is 1.50. The van der Waals surface area contributed by atoms with Gasteiger partial charge in [0.1, 0.15) is 17.7 Å². The Labute approximate surface area is 112 Å². The second-order valence-electron chi connectivity index (χ2n) is 3.37. The zero-order valence-corrected chi connectivity index (χ0v) is 10.5. The van der Waals surface area contributed by atoms with Gasteiger partial charge in [-0.2, -0.15) is 4.98 Å². The van der Waals surface area contributed by atoms with Gasteiger partial charge in [0, 0.05) is 6.07 Å². The van der Waals surface area contributed by atoms with Gasteiger partial charge < -0.3 is 9.47 Å². The number of hydrogen-bond donors (Lipinski definition) is 0. The molecule has 0 unspecified atom stereocenters. The zero-order chi connectivity index (χ0) is 13.8. The summed E-state index contributed by atoms with van der Waals surface area (Å²) >= 11 is 5.60. The van der Waals surface area contributed by atoms with E-state index < -0.39 is 4.92 Å². The Bertz CT molecular complexity index is 621. The minimum absolute atomic E-state index is 0.136. The molecule has 1 aromatic carbocycles. The molecule has 0 bridgehead atoms. The van der Waals surface area contributed by atoms with Gasteiger partial charge in [-0.1, -0.05) is 6.07 Å². The van der Waals surface area contributed by atoms with Crippen LogP contribution in [0.4, 0.5) is 5.69 Å². The molecule has 19 heavy (non-hydrogen) atoms. The monoisotopic (exact) mass is 281 g/mol. The van der Waals surface area contributed by atoms with Gasteiger partial charge in [0.05, 0.1) is 12.0 Å². The lowest BCUT2D eigenvalue weighted by molar-refractivity contribution is -0.386. The molecule has 0 saturated heterocycles. The van der Waals surface area contributed by atoms with Crippen molar-refractivity contribution in [3.05, 3.63) is 45.9 Å². The van der Waals surface area contributed by atoms with E-state index >= 15 is 0 Å². The first kappa shape index (κ1) is 13.0. The first-order chi connectivity index (χ1) is 9.10. The van der Waals surface area contributed by atoms with Crippen molar-refractivity contribution in [2.24, 2.45) is 0 Å². The van der Waals surface area contributed by atoms with Crippen molar-refractivity contribution in [2.75, 3.05) is 7.11 Å². The molecule has 0 aliphatic carbocycles. The van der Waals surface area contributed by atoms with Crippen LogP contribution in [-0.2, 0) is 0 Å². The first-order valence-corrected chi connectivity index (χ1v) is 5.47. The summed E-state index contributed by atoms with van der Waals surface area (Å²) in [5.41, 5.74) is -0.368. The molecule has 0 aliphatic heterocycles. The third-order valence-electron chi connectivity index (χ3n) is 2.16. The molecule has 0 atom stereocenters. The van der Waals surface area contributed by atoms with Crippen molar-refractivity contribution in [1.82, 2.24) is 9.97 Å². The summed E-state index contributed by atoms with van der Waals surface area (Å²) < 4.78 is 10.4. The molecule has 0 aliphatic rings. The molecule has 0 amide bonds. The van der Waals surface area contributed by atoms with Crippen LogP contribution in [0, 0.1) is 10.1 Å². The number of halogens is 1. The average Bonchev–Trinajstić information content (AvgIpc) is 2.38. The van der Waals surface area contributed by atoms with E-state index in [1.165, 1.54) is 7.11 Å². The van der Waals surface area contributed by atoms with Crippen LogP contribution in [-0.4, -0.2) is 22.0 Å². The van der Waals surface area contributed by atoms with E-state index in [0.717, 1.165) is 6.20 Å². The minimum Gasteiger partial charge on any atom is -0.497 e. The third-order valence-corrected chi connectivity index (χ3v) is 2.34. The van der Waals surface area contributed by atoms with E-state index in [-0.39, 0.29) is 16.9 Å². The normalized spacial score (nSPS) is 10.0. The van der Waals surface area contributed by atoms with Crippen LogP contribution >= 0.6 is 11.6 Å². The lowest BCUT2D eigenvalue weighted by Crippen LogP contribution is -1.98. The van der Waals surface area contributed by atoms with Gasteiger partial charge >= 0.3 is 11.6 Å². The van der Waals surface area contributed by atoms with Crippen LogP contribution in [0.15, 0.2) is 30.5 Å².